The highest BCUT2D eigenvalue weighted by atomic mass is 19.1. The van der Waals surface area contributed by atoms with Crippen LogP contribution in [0.4, 0.5) is 4.39 Å². The number of fused-ring (bicyclic) bond motifs is 3. The molecule has 0 aromatic heterocycles. The fourth-order valence-electron chi connectivity index (χ4n) is 3.49. The van der Waals surface area contributed by atoms with Crippen LogP contribution in [0, 0.1) is 11.3 Å². The van der Waals surface area contributed by atoms with Gasteiger partial charge in [0.25, 0.3) is 5.97 Å². The Hall–Kier alpha value is -0.980. The van der Waals surface area contributed by atoms with Crippen molar-refractivity contribution in [2.75, 3.05) is 26.4 Å². The van der Waals surface area contributed by atoms with Gasteiger partial charge >= 0.3 is 5.97 Å². The van der Waals surface area contributed by atoms with E-state index in [1.165, 1.54) is 0 Å². The van der Waals surface area contributed by atoms with E-state index in [0.29, 0.717) is 31.8 Å². The van der Waals surface area contributed by atoms with E-state index in [2.05, 4.69) is 0 Å². The van der Waals surface area contributed by atoms with Crippen molar-refractivity contribution in [1.29, 1.82) is 0 Å². The van der Waals surface area contributed by atoms with Crippen molar-refractivity contribution < 1.29 is 28.1 Å². The van der Waals surface area contributed by atoms with Gasteiger partial charge in [-0.1, -0.05) is 0 Å². The van der Waals surface area contributed by atoms with Gasteiger partial charge in [0.2, 0.25) is 5.83 Å². The van der Waals surface area contributed by atoms with Gasteiger partial charge in [0.05, 0.1) is 26.4 Å². The van der Waals surface area contributed by atoms with E-state index >= 15 is 0 Å². The Balaban J connectivity index is 1.84. The molecule has 21 heavy (non-hydrogen) atoms. The average molecular weight is 300 g/mol. The Morgan fingerprint density at radius 3 is 2.52 bits per heavy atom. The Labute approximate surface area is 123 Å². The Kier molecular flexibility index (Phi) is 3.80. The van der Waals surface area contributed by atoms with Gasteiger partial charge in [0, 0.05) is 12.3 Å². The molecule has 1 saturated carbocycles. The highest BCUT2D eigenvalue weighted by Crippen LogP contribution is 2.51. The third-order valence-corrected chi connectivity index (χ3v) is 4.70. The standard InChI is InChI=1S/C15H21FO5/c1-3-18-13(17)12(16)10-5-4-6-11(10)15-7-19-14(2,20-8-15)21-9-15/h11H,3-9H2,1-2H3/b12-10-. The zero-order chi connectivity index (χ0) is 15.1. The van der Waals surface area contributed by atoms with Crippen LogP contribution < -0.4 is 0 Å². The number of hydrogen-bond donors (Lipinski definition) is 0. The first kappa shape index (κ1) is 14.9. The lowest BCUT2D eigenvalue weighted by Crippen LogP contribution is -2.61. The quantitative estimate of drug-likeness (QED) is 0.591. The smallest absolute Gasteiger partial charge is 0.367 e. The molecular formula is C15H21FO5. The fourth-order valence-corrected chi connectivity index (χ4v) is 3.49. The molecule has 5 nitrogen and oxygen atoms in total. The number of esters is 1. The second kappa shape index (κ2) is 5.34. The summed E-state index contributed by atoms with van der Waals surface area (Å²) in [5, 5.41) is 0. The van der Waals surface area contributed by atoms with Gasteiger partial charge in [0.15, 0.2) is 0 Å². The third kappa shape index (κ3) is 2.49. The number of allylic oxidation sites excluding steroid dienone is 1. The normalized spacial score (nSPS) is 41.2. The number of rotatable bonds is 3. The lowest BCUT2D eigenvalue weighted by Gasteiger charge is -2.53. The van der Waals surface area contributed by atoms with Crippen molar-refractivity contribution in [3.8, 4) is 0 Å². The molecule has 1 aliphatic carbocycles. The first-order chi connectivity index (χ1) is 10.00. The molecular weight excluding hydrogens is 279 g/mol. The van der Waals surface area contributed by atoms with Crippen molar-refractivity contribution in [3.63, 3.8) is 0 Å². The highest BCUT2D eigenvalue weighted by Gasteiger charge is 2.55. The van der Waals surface area contributed by atoms with E-state index in [1.54, 1.807) is 13.8 Å². The molecule has 0 aromatic carbocycles. The molecule has 118 valence electrons. The maximum Gasteiger partial charge on any atom is 0.367 e. The molecule has 3 heterocycles. The summed E-state index contributed by atoms with van der Waals surface area (Å²) in [6.45, 7) is 4.97. The van der Waals surface area contributed by atoms with Crippen LogP contribution >= 0.6 is 0 Å². The van der Waals surface area contributed by atoms with Crippen LogP contribution in [0.1, 0.15) is 33.1 Å². The number of carbonyl (C=O) groups excluding carboxylic acids is 1. The zero-order valence-electron chi connectivity index (χ0n) is 12.4. The fraction of sp³-hybridized carbons (Fsp3) is 0.800. The molecule has 6 heteroatoms. The van der Waals surface area contributed by atoms with E-state index in [0.717, 1.165) is 12.8 Å². The number of hydrogen-bond acceptors (Lipinski definition) is 5. The molecule has 1 unspecified atom stereocenters. The van der Waals surface area contributed by atoms with Crippen LogP contribution in [0.25, 0.3) is 0 Å². The molecule has 3 aliphatic heterocycles. The lowest BCUT2D eigenvalue weighted by molar-refractivity contribution is -0.464. The van der Waals surface area contributed by atoms with E-state index in [9.17, 15) is 9.18 Å². The second-order valence-electron chi connectivity index (χ2n) is 6.10. The summed E-state index contributed by atoms with van der Waals surface area (Å²) in [5.41, 5.74) is 0.141. The minimum atomic E-state index is -0.968. The van der Waals surface area contributed by atoms with Gasteiger partial charge in [-0.15, -0.1) is 0 Å². The zero-order valence-corrected chi connectivity index (χ0v) is 12.4. The average Bonchev–Trinajstić information content (AvgIpc) is 2.98. The summed E-state index contributed by atoms with van der Waals surface area (Å²) < 4.78 is 36.0. The summed E-state index contributed by atoms with van der Waals surface area (Å²) in [6, 6.07) is 0. The maximum absolute atomic E-state index is 14.4. The molecule has 4 fully saturated rings. The van der Waals surface area contributed by atoms with E-state index < -0.39 is 23.2 Å². The van der Waals surface area contributed by atoms with Crippen LogP contribution in [-0.4, -0.2) is 38.4 Å². The van der Waals surface area contributed by atoms with Crippen molar-refractivity contribution in [2.45, 2.75) is 39.1 Å². The van der Waals surface area contributed by atoms with E-state index in [4.69, 9.17) is 18.9 Å². The minimum absolute atomic E-state index is 0.0910. The number of carbonyl (C=O) groups is 1. The SMILES string of the molecule is CCOC(=O)/C(F)=C1\CCCC1C12COC(C)(OC1)OC2. The molecule has 1 atom stereocenters. The Morgan fingerprint density at radius 2 is 1.95 bits per heavy atom. The summed E-state index contributed by atoms with van der Waals surface area (Å²) in [6.07, 6.45) is 2.25. The van der Waals surface area contributed by atoms with Gasteiger partial charge in [-0.05, 0) is 37.7 Å². The van der Waals surface area contributed by atoms with Crippen LogP contribution in [0.2, 0.25) is 0 Å². The van der Waals surface area contributed by atoms with Gasteiger partial charge in [-0.3, -0.25) is 0 Å². The van der Waals surface area contributed by atoms with E-state index in [1.807, 2.05) is 0 Å². The van der Waals surface area contributed by atoms with Gasteiger partial charge in [-0.2, -0.15) is 4.39 Å². The summed E-state index contributed by atoms with van der Waals surface area (Å²) >= 11 is 0. The highest BCUT2D eigenvalue weighted by molar-refractivity contribution is 5.87. The predicted octanol–water partition coefficient (Wildman–Crippen LogP) is 2.31. The first-order valence-electron chi connectivity index (χ1n) is 7.47. The summed E-state index contributed by atoms with van der Waals surface area (Å²) in [5.74, 6) is -2.67. The van der Waals surface area contributed by atoms with Crippen molar-refractivity contribution in [3.05, 3.63) is 11.4 Å². The van der Waals surface area contributed by atoms with Crippen molar-refractivity contribution >= 4 is 5.97 Å². The number of ether oxygens (including phenoxy) is 4. The van der Waals surface area contributed by atoms with Gasteiger partial charge in [0.1, 0.15) is 0 Å². The minimum Gasteiger partial charge on any atom is -0.461 e. The Morgan fingerprint density at radius 1 is 1.33 bits per heavy atom. The third-order valence-electron chi connectivity index (χ3n) is 4.70. The molecule has 0 radical (unpaired) electrons. The second-order valence-corrected chi connectivity index (χ2v) is 6.10. The molecule has 0 spiro atoms. The molecule has 0 amide bonds. The number of halogens is 1. The lowest BCUT2D eigenvalue weighted by atomic mass is 9.72. The van der Waals surface area contributed by atoms with Crippen LogP contribution in [0.15, 0.2) is 11.4 Å². The topological polar surface area (TPSA) is 54.0 Å². The summed E-state index contributed by atoms with van der Waals surface area (Å²) in [7, 11) is 0. The maximum atomic E-state index is 14.4. The Bertz CT molecular complexity index is 448. The van der Waals surface area contributed by atoms with Crippen LogP contribution in [0.5, 0.6) is 0 Å². The monoisotopic (exact) mass is 300 g/mol. The molecule has 4 aliphatic rings. The van der Waals surface area contributed by atoms with Crippen LogP contribution in [0.3, 0.4) is 0 Å². The summed E-state index contributed by atoms with van der Waals surface area (Å²) in [4.78, 5) is 11.7. The van der Waals surface area contributed by atoms with Crippen molar-refractivity contribution in [1.82, 2.24) is 0 Å². The molecule has 4 rings (SSSR count). The van der Waals surface area contributed by atoms with Gasteiger partial charge in [-0.25, -0.2) is 4.79 Å². The molecule has 0 N–H and O–H groups in total. The first-order valence-corrected chi connectivity index (χ1v) is 7.47. The predicted molar refractivity (Wildman–Crippen MR) is 70.8 cm³/mol. The van der Waals surface area contributed by atoms with Crippen LogP contribution in [-0.2, 0) is 23.7 Å². The van der Waals surface area contributed by atoms with E-state index in [-0.39, 0.29) is 12.5 Å². The molecule has 3 saturated heterocycles. The van der Waals surface area contributed by atoms with Gasteiger partial charge < -0.3 is 18.9 Å². The molecule has 2 bridgehead atoms. The van der Waals surface area contributed by atoms with Crippen molar-refractivity contribution in [2.24, 2.45) is 11.3 Å². The molecule has 0 aromatic rings. The largest absolute Gasteiger partial charge is 0.461 e.